The summed E-state index contributed by atoms with van der Waals surface area (Å²) in [6.07, 6.45) is 8.28. The van der Waals surface area contributed by atoms with Gasteiger partial charge in [0.2, 0.25) is 5.91 Å². The number of rotatable bonds is 7. The van der Waals surface area contributed by atoms with Crippen molar-refractivity contribution in [2.24, 2.45) is 5.41 Å². The lowest BCUT2D eigenvalue weighted by molar-refractivity contribution is -0.129. The third-order valence-corrected chi connectivity index (χ3v) is 3.73. The van der Waals surface area contributed by atoms with Crippen LogP contribution in [0.2, 0.25) is 0 Å². The van der Waals surface area contributed by atoms with E-state index >= 15 is 0 Å². The number of hydrogen-bond acceptors (Lipinski definition) is 3. The minimum absolute atomic E-state index is 0.0770. The van der Waals surface area contributed by atoms with E-state index < -0.39 is 5.41 Å². The zero-order valence-electron chi connectivity index (χ0n) is 11.1. The van der Waals surface area contributed by atoms with Crippen LogP contribution < -0.4 is 5.32 Å². The van der Waals surface area contributed by atoms with Gasteiger partial charge in [0, 0.05) is 13.2 Å². The molecule has 1 aliphatic carbocycles. The summed E-state index contributed by atoms with van der Waals surface area (Å²) in [6, 6.07) is 2.23. The van der Waals surface area contributed by atoms with Crippen LogP contribution in [0.1, 0.15) is 57.8 Å². The van der Waals surface area contributed by atoms with Crippen molar-refractivity contribution in [2.45, 2.75) is 57.8 Å². The average Bonchev–Trinajstić information content (AvgIpc) is 2.43. The number of nitrogens with zero attached hydrogens (tertiary/aromatic N) is 1. The Bertz CT molecular complexity index is 291. The maximum absolute atomic E-state index is 12.1. The Balaban J connectivity index is 2.24. The first-order chi connectivity index (χ1) is 8.75. The molecule has 2 N–H and O–H groups in total. The highest BCUT2D eigenvalue weighted by atomic mass is 16.2. The molecule has 0 aromatic carbocycles. The lowest BCUT2D eigenvalue weighted by Gasteiger charge is -2.29. The molecule has 0 atom stereocenters. The highest BCUT2D eigenvalue weighted by molar-refractivity contribution is 5.85. The lowest BCUT2D eigenvalue weighted by atomic mass is 9.74. The van der Waals surface area contributed by atoms with E-state index in [1.54, 1.807) is 0 Å². The molecular weight excluding hydrogens is 228 g/mol. The number of nitrogens with one attached hydrogen (secondary N) is 1. The summed E-state index contributed by atoms with van der Waals surface area (Å²) in [5, 5.41) is 20.8. The number of hydrogen-bond donors (Lipinski definition) is 2. The van der Waals surface area contributed by atoms with Crippen molar-refractivity contribution in [3.05, 3.63) is 0 Å². The maximum atomic E-state index is 12.1. The highest BCUT2D eigenvalue weighted by Crippen LogP contribution is 2.35. The summed E-state index contributed by atoms with van der Waals surface area (Å²) in [4.78, 5) is 12.1. The Morgan fingerprint density at radius 1 is 1.17 bits per heavy atom. The van der Waals surface area contributed by atoms with Crippen LogP contribution in [-0.2, 0) is 4.79 Å². The van der Waals surface area contributed by atoms with Gasteiger partial charge in [-0.2, -0.15) is 5.26 Å². The van der Waals surface area contributed by atoms with Gasteiger partial charge in [-0.15, -0.1) is 0 Å². The van der Waals surface area contributed by atoms with Gasteiger partial charge in [-0.3, -0.25) is 4.79 Å². The second-order valence-corrected chi connectivity index (χ2v) is 5.15. The van der Waals surface area contributed by atoms with Crippen molar-refractivity contribution >= 4 is 5.91 Å². The first kappa shape index (κ1) is 15.0. The van der Waals surface area contributed by atoms with Crippen LogP contribution in [0.25, 0.3) is 0 Å². The summed E-state index contributed by atoms with van der Waals surface area (Å²) in [6.45, 7) is 0.887. The Morgan fingerprint density at radius 2 is 1.83 bits per heavy atom. The fourth-order valence-corrected chi connectivity index (χ4v) is 2.51. The molecule has 0 unspecified atom stereocenters. The van der Waals surface area contributed by atoms with Crippen molar-refractivity contribution in [1.82, 2.24) is 5.32 Å². The number of amides is 1. The number of carbonyl (C=O) groups is 1. The number of aliphatic hydroxyl groups excluding tert-OH is 1. The average molecular weight is 252 g/mol. The summed E-state index contributed by atoms with van der Waals surface area (Å²) in [7, 11) is 0. The summed E-state index contributed by atoms with van der Waals surface area (Å²) < 4.78 is 0. The SMILES string of the molecule is N#CC1(C(=O)NCCCCCCO)CCCCC1. The van der Waals surface area contributed by atoms with Crippen LogP contribution in [0.3, 0.4) is 0 Å². The van der Waals surface area contributed by atoms with Crippen LogP contribution in [0.15, 0.2) is 0 Å². The number of unbranched alkanes of at least 4 members (excludes halogenated alkanes) is 3. The first-order valence-electron chi connectivity index (χ1n) is 7.05. The minimum atomic E-state index is -0.761. The van der Waals surface area contributed by atoms with Gasteiger partial charge in [0.05, 0.1) is 6.07 Å². The Labute approximate surface area is 109 Å². The van der Waals surface area contributed by atoms with Gasteiger partial charge in [0.15, 0.2) is 0 Å². The minimum Gasteiger partial charge on any atom is -0.396 e. The second kappa shape index (κ2) is 8.10. The molecule has 0 saturated heterocycles. The van der Waals surface area contributed by atoms with E-state index in [0.717, 1.165) is 44.9 Å². The normalized spacial score (nSPS) is 18.0. The van der Waals surface area contributed by atoms with Crippen molar-refractivity contribution in [2.75, 3.05) is 13.2 Å². The molecule has 0 radical (unpaired) electrons. The molecule has 1 aliphatic rings. The van der Waals surface area contributed by atoms with E-state index in [1.807, 2.05) is 0 Å². The maximum Gasteiger partial charge on any atom is 0.240 e. The molecule has 4 nitrogen and oxygen atoms in total. The number of aliphatic hydroxyl groups is 1. The monoisotopic (exact) mass is 252 g/mol. The third-order valence-electron chi connectivity index (χ3n) is 3.73. The summed E-state index contributed by atoms with van der Waals surface area (Å²) in [5.41, 5.74) is -0.761. The van der Waals surface area contributed by atoms with Crippen molar-refractivity contribution in [1.29, 1.82) is 5.26 Å². The van der Waals surface area contributed by atoms with Crippen molar-refractivity contribution < 1.29 is 9.90 Å². The Morgan fingerprint density at radius 3 is 2.44 bits per heavy atom. The van der Waals surface area contributed by atoms with Crippen LogP contribution in [-0.4, -0.2) is 24.2 Å². The molecule has 1 amide bonds. The molecule has 1 rings (SSSR count). The molecule has 4 heteroatoms. The van der Waals surface area contributed by atoms with E-state index in [2.05, 4.69) is 11.4 Å². The molecule has 0 heterocycles. The van der Waals surface area contributed by atoms with Crippen molar-refractivity contribution in [3.8, 4) is 6.07 Å². The van der Waals surface area contributed by atoms with E-state index in [4.69, 9.17) is 5.11 Å². The fourth-order valence-electron chi connectivity index (χ4n) is 2.51. The molecule has 1 saturated carbocycles. The zero-order chi connectivity index (χ0) is 13.3. The van der Waals surface area contributed by atoms with E-state index in [1.165, 1.54) is 0 Å². The van der Waals surface area contributed by atoms with Crippen molar-refractivity contribution in [3.63, 3.8) is 0 Å². The predicted molar refractivity (Wildman–Crippen MR) is 69.7 cm³/mol. The van der Waals surface area contributed by atoms with Gasteiger partial charge in [0.1, 0.15) is 5.41 Å². The molecule has 0 bridgehead atoms. The van der Waals surface area contributed by atoms with Gasteiger partial charge >= 0.3 is 0 Å². The first-order valence-corrected chi connectivity index (χ1v) is 7.05. The van der Waals surface area contributed by atoms with Gasteiger partial charge in [-0.25, -0.2) is 0 Å². The van der Waals surface area contributed by atoms with Crippen LogP contribution in [0.5, 0.6) is 0 Å². The predicted octanol–water partition coefficient (Wildman–Crippen LogP) is 2.13. The van der Waals surface area contributed by atoms with Gasteiger partial charge in [0.25, 0.3) is 0 Å². The molecule has 102 valence electrons. The smallest absolute Gasteiger partial charge is 0.240 e. The molecule has 1 fully saturated rings. The molecule has 0 aliphatic heterocycles. The van der Waals surface area contributed by atoms with Gasteiger partial charge in [-0.1, -0.05) is 32.1 Å². The second-order valence-electron chi connectivity index (χ2n) is 5.15. The summed E-state index contributed by atoms with van der Waals surface area (Å²) >= 11 is 0. The lowest BCUT2D eigenvalue weighted by Crippen LogP contribution is -2.41. The van der Waals surface area contributed by atoms with E-state index in [9.17, 15) is 10.1 Å². The Hall–Kier alpha value is -1.08. The number of carbonyl (C=O) groups excluding carboxylic acids is 1. The zero-order valence-corrected chi connectivity index (χ0v) is 11.1. The van der Waals surface area contributed by atoms with Crippen LogP contribution in [0.4, 0.5) is 0 Å². The summed E-state index contributed by atoms with van der Waals surface area (Å²) in [5.74, 6) is -0.0770. The third kappa shape index (κ3) is 4.30. The highest BCUT2D eigenvalue weighted by Gasteiger charge is 2.39. The Kier molecular flexibility index (Phi) is 6.74. The standard InChI is InChI=1S/C14H24N2O2/c15-12-14(8-4-3-5-9-14)13(18)16-10-6-1-2-7-11-17/h17H,1-11H2,(H,16,18). The van der Waals surface area contributed by atoms with E-state index in [-0.39, 0.29) is 12.5 Å². The molecule has 0 spiro atoms. The van der Waals surface area contributed by atoms with Crippen LogP contribution >= 0.6 is 0 Å². The quantitative estimate of drug-likeness (QED) is 0.682. The fraction of sp³-hybridized carbons (Fsp3) is 0.857. The molecule has 0 aromatic rings. The molecule has 0 aromatic heterocycles. The van der Waals surface area contributed by atoms with E-state index in [0.29, 0.717) is 19.4 Å². The van der Waals surface area contributed by atoms with Gasteiger partial charge in [-0.05, 0) is 25.7 Å². The van der Waals surface area contributed by atoms with Crippen LogP contribution in [0, 0.1) is 16.7 Å². The van der Waals surface area contributed by atoms with Gasteiger partial charge < -0.3 is 10.4 Å². The largest absolute Gasteiger partial charge is 0.396 e. The molecular formula is C14H24N2O2. The number of nitriles is 1. The molecule has 18 heavy (non-hydrogen) atoms. The topological polar surface area (TPSA) is 73.1 Å².